The number of halogens is 1. The first kappa shape index (κ1) is 12.6. The van der Waals surface area contributed by atoms with Crippen molar-refractivity contribution in [3.8, 4) is 5.75 Å². The monoisotopic (exact) mass is 265 g/mol. The first-order chi connectivity index (χ1) is 8.60. The fourth-order valence-corrected chi connectivity index (χ4v) is 2.13. The zero-order valence-corrected chi connectivity index (χ0v) is 10.8. The second-order valence-corrected chi connectivity index (χ2v) is 4.15. The van der Waals surface area contributed by atoms with Gasteiger partial charge in [-0.25, -0.2) is 0 Å². The maximum atomic E-state index is 12.0. The Morgan fingerprint density at radius 2 is 1.78 bits per heavy atom. The first-order valence-corrected chi connectivity index (χ1v) is 5.88. The number of likely N-dealkylation sites (N-methyl/N-ethyl adjacent to an activating group) is 1. The van der Waals surface area contributed by atoms with E-state index in [0.717, 1.165) is 4.90 Å². The Bertz CT molecular complexity index is 534. The fraction of sp³-hybridized carbons (Fsp3) is 0.231. The van der Waals surface area contributed by atoms with Crippen LogP contribution in [0, 0.1) is 0 Å². The molecule has 1 aliphatic rings. The molecule has 4 nitrogen and oxygen atoms in total. The van der Waals surface area contributed by atoms with Gasteiger partial charge in [-0.2, -0.15) is 0 Å². The van der Waals surface area contributed by atoms with Crippen LogP contribution >= 0.6 is 11.6 Å². The number of ether oxygens (including phenoxy) is 1. The molecule has 1 heterocycles. The Balaban J connectivity index is 2.43. The van der Waals surface area contributed by atoms with Crippen molar-refractivity contribution in [2.24, 2.45) is 0 Å². The quantitative estimate of drug-likeness (QED) is 0.786. The lowest BCUT2D eigenvalue weighted by molar-refractivity contribution is -0.136. The summed E-state index contributed by atoms with van der Waals surface area (Å²) in [4.78, 5) is 24.9. The molecule has 0 saturated heterocycles. The van der Waals surface area contributed by atoms with Crippen LogP contribution in [-0.2, 0) is 9.59 Å². The van der Waals surface area contributed by atoms with E-state index >= 15 is 0 Å². The molecule has 2 amide bonds. The normalized spacial score (nSPS) is 15.6. The van der Waals surface area contributed by atoms with Crippen molar-refractivity contribution in [1.82, 2.24) is 4.90 Å². The smallest absolute Gasteiger partial charge is 0.273 e. The van der Waals surface area contributed by atoms with E-state index in [1.807, 2.05) is 0 Å². The number of hydrogen-bond acceptors (Lipinski definition) is 3. The molecule has 0 aliphatic carbocycles. The van der Waals surface area contributed by atoms with Crippen LogP contribution in [-0.4, -0.2) is 30.4 Å². The molecule has 0 spiro atoms. The number of methoxy groups -OCH3 is 1. The lowest BCUT2D eigenvalue weighted by Gasteiger charge is -2.11. The van der Waals surface area contributed by atoms with Gasteiger partial charge in [0, 0.05) is 6.54 Å². The predicted octanol–water partition coefficient (Wildman–Crippen LogP) is 2.03. The van der Waals surface area contributed by atoms with E-state index in [-0.39, 0.29) is 16.5 Å². The standard InChI is InChI=1S/C13H12ClNO3/c1-3-15-12(16)10(11(14)13(15)17)8-4-6-9(18-2)7-5-8/h4-7H,3H2,1-2H3. The van der Waals surface area contributed by atoms with Crippen molar-refractivity contribution in [1.29, 1.82) is 0 Å². The summed E-state index contributed by atoms with van der Waals surface area (Å²) in [5.74, 6) is -0.104. The summed E-state index contributed by atoms with van der Waals surface area (Å²) in [6.07, 6.45) is 0. The van der Waals surface area contributed by atoms with E-state index in [9.17, 15) is 9.59 Å². The van der Waals surface area contributed by atoms with Crippen LogP contribution in [0.5, 0.6) is 5.75 Å². The molecule has 1 aromatic carbocycles. The van der Waals surface area contributed by atoms with E-state index < -0.39 is 5.91 Å². The molecule has 1 aromatic rings. The van der Waals surface area contributed by atoms with Gasteiger partial charge in [0.1, 0.15) is 10.8 Å². The van der Waals surface area contributed by atoms with Crippen LogP contribution in [0.4, 0.5) is 0 Å². The number of imide groups is 1. The third kappa shape index (κ3) is 1.88. The van der Waals surface area contributed by atoms with Gasteiger partial charge in [-0.1, -0.05) is 23.7 Å². The Labute approximate surface area is 110 Å². The Morgan fingerprint density at radius 3 is 2.22 bits per heavy atom. The second kappa shape index (κ2) is 4.82. The average Bonchev–Trinajstić information content (AvgIpc) is 2.60. The van der Waals surface area contributed by atoms with Crippen LogP contribution in [0.1, 0.15) is 12.5 Å². The van der Waals surface area contributed by atoms with Gasteiger partial charge >= 0.3 is 0 Å². The van der Waals surface area contributed by atoms with Crippen molar-refractivity contribution in [3.05, 3.63) is 34.9 Å². The maximum Gasteiger partial charge on any atom is 0.273 e. The van der Waals surface area contributed by atoms with Gasteiger partial charge in [0.25, 0.3) is 11.8 Å². The number of amides is 2. The van der Waals surface area contributed by atoms with E-state index in [1.54, 1.807) is 38.3 Å². The third-order valence-corrected chi connectivity index (χ3v) is 3.16. The molecule has 0 unspecified atom stereocenters. The number of carbonyl (C=O) groups excluding carboxylic acids is 2. The molecule has 0 atom stereocenters. The highest BCUT2D eigenvalue weighted by Gasteiger charge is 2.36. The molecule has 0 fully saturated rings. The minimum Gasteiger partial charge on any atom is -0.497 e. The first-order valence-electron chi connectivity index (χ1n) is 5.50. The van der Waals surface area contributed by atoms with Crippen LogP contribution in [0.25, 0.3) is 5.57 Å². The topological polar surface area (TPSA) is 46.6 Å². The summed E-state index contributed by atoms with van der Waals surface area (Å²) in [7, 11) is 1.56. The van der Waals surface area contributed by atoms with E-state index in [0.29, 0.717) is 17.9 Å². The van der Waals surface area contributed by atoms with Gasteiger partial charge < -0.3 is 4.74 Å². The van der Waals surface area contributed by atoms with Gasteiger partial charge in [-0.15, -0.1) is 0 Å². The highest BCUT2D eigenvalue weighted by Crippen LogP contribution is 2.32. The lowest BCUT2D eigenvalue weighted by atomic mass is 10.1. The molecular formula is C13H12ClNO3. The van der Waals surface area contributed by atoms with Gasteiger partial charge in [-0.3, -0.25) is 14.5 Å². The average molecular weight is 266 g/mol. The maximum absolute atomic E-state index is 12.0. The summed E-state index contributed by atoms with van der Waals surface area (Å²) in [6, 6.07) is 6.86. The summed E-state index contributed by atoms with van der Waals surface area (Å²) >= 11 is 5.94. The molecular weight excluding hydrogens is 254 g/mol. The van der Waals surface area contributed by atoms with E-state index in [1.165, 1.54) is 0 Å². The van der Waals surface area contributed by atoms with E-state index in [2.05, 4.69) is 0 Å². The Morgan fingerprint density at radius 1 is 1.17 bits per heavy atom. The molecule has 1 aliphatic heterocycles. The van der Waals surface area contributed by atoms with Crippen molar-refractivity contribution in [3.63, 3.8) is 0 Å². The Kier molecular flexibility index (Phi) is 3.39. The second-order valence-electron chi connectivity index (χ2n) is 3.77. The molecule has 94 valence electrons. The fourth-order valence-electron chi connectivity index (χ4n) is 1.84. The molecule has 0 aromatic heterocycles. The SMILES string of the molecule is CCN1C(=O)C(Cl)=C(c2ccc(OC)cc2)C1=O. The van der Waals surface area contributed by atoms with Gasteiger partial charge in [0.15, 0.2) is 0 Å². The summed E-state index contributed by atoms with van der Waals surface area (Å²) in [6.45, 7) is 2.05. The molecule has 0 N–H and O–H groups in total. The largest absolute Gasteiger partial charge is 0.497 e. The highest BCUT2D eigenvalue weighted by atomic mass is 35.5. The van der Waals surface area contributed by atoms with Gasteiger partial charge in [0.05, 0.1) is 12.7 Å². The number of benzene rings is 1. The van der Waals surface area contributed by atoms with Crippen LogP contribution < -0.4 is 4.74 Å². The molecule has 5 heteroatoms. The molecule has 0 bridgehead atoms. The van der Waals surface area contributed by atoms with Crippen LogP contribution in [0.15, 0.2) is 29.3 Å². The zero-order chi connectivity index (χ0) is 13.3. The summed E-state index contributed by atoms with van der Waals surface area (Å²) < 4.78 is 5.04. The van der Waals surface area contributed by atoms with Crippen molar-refractivity contribution in [2.45, 2.75) is 6.92 Å². The van der Waals surface area contributed by atoms with Crippen molar-refractivity contribution >= 4 is 29.0 Å². The van der Waals surface area contributed by atoms with Gasteiger partial charge in [-0.05, 0) is 24.6 Å². The molecule has 0 radical (unpaired) electrons. The number of nitrogens with zero attached hydrogens (tertiary/aromatic N) is 1. The number of rotatable bonds is 3. The van der Waals surface area contributed by atoms with E-state index in [4.69, 9.17) is 16.3 Å². The van der Waals surface area contributed by atoms with Crippen molar-refractivity contribution in [2.75, 3.05) is 13.7 Å². The Hall–Kier alpha value is -1.81. The van der Waals surface area contributed by atoms with Crippen molar-refractivity contribution < 1.29 is 14.3 Å². The third-order valence-electron chi connectivity index (χ3n) is 2.81. The minimum atomic E-state index is -0.435. The molecule has 2 rings (SSSR count). The molecule has 0 saturated carbocycles. The van der Waals surface area contributed by atoms with Crippen LogP contribution in [0.2, 0.25) is 0 Å². The minimum absolute atomic E-state index is 0.0213. The zero-order valence-electron chi connectivity index (χ0n) is 10.1. The number of hydrogen-bond donors (Lipinski definition) is 0. The lowest BCUT2D eigenvalue weighted by Crippen LogP contribution is -2.30. The van der Waals surface area contributed by atoms with Crippen LogP contribution in [0.3, 0.4) is 0 Å². The summed E-state index contributed by atoms with van der Waals surface area (Å²) in [5.41, 5.74) is 0.876. The highest BCUT2D eigenvalue weighted by molar-refractivity contribution is 6.55. The molecule has 18 heavy (non-hydrogen) atoms. The predicted molar refractivity (Wildman–Crippen MR) is 68.2 cm³/mol. The summed E-state index contributed by atoms with van der Waals surface area (Å²) in [5, 5.41) is -0.0213. The van der Waals surface area contributed by atoms with Gasteiger partial charge in [0.2, 0.25) is 0 Å². The number of carbonyl (C=O) groups is 2.